The van der Waals surface area contributed by atoms with Crippen LogP contribution in [0.5, 0.6) is 0 Å². The molecule has 0 saturated heterocycles. The van der Waals surface area contributed by atoms with Crippen LogP contribution in [-0.2, 0) is 4.79 Å². The van der Waals surface area contributed by atoms with Crippen LogP contribution in [0.4, 0.5) is 0 Å². The highest BCUT2D eigenvalue weighted by Crippen LogP contribution is 2.43. The monoisotopic (exact) mass is 431 g/mol. The average molecular weight is 431 g/mol. The molecule has 4 rings (SSSR count). The zero-order chi connectivity index (χ0) is 16.7. The van der Waals surface area contributed by atoms with Crippen molar-refractivity contribution in [3.8, 4) is 0 Å². The maximum Gasteiger partial charge on any atom is 0.229 e. The molecule has 2 aromatic heterocycles. The standard InChI is InChI=1S/C18H14IN3O2/c19-18-12-9-11(6-7-13(12)21-22-18)16(23)17(24)15(10-4-5-10)14-3-1-2-8-20-14/h1-3,6-10,15H,4-5H2,(H,21,22). The van der Waals surface area contributed by atoms with Gasteiger partial charge in [-0.15, -0.1) is 0 Å². The lowest BCUT2D eigenvalue weighted by molar-refractivity contribution is -0.117. The lowest BCUT2D eigenvalue weighted by atomic mass is 9.89. The average Bonchev–Trinajstić information content (AvgIpc) is 3.38. The van der Waals surface area contributed by atoms with Crippen molar-refractivity contribution in [1.29, 1.82) is 0 Å². The van der Waals surface area contributed by atoms with Gasteiger partial charge in [0.2, 0.25) is 11.6 Å². The van der Waals surface area contributed by atoms with Gasteiger partial charge in [0.05, 0.1) is 17.1 Å². The third-order valence-electron chi connectivity index (χ3n) is 4.38. The molecular weight excluding hydrogens is 417 g/mol. The minimum absolute atomic E-state index is 0.231. The van der Waals surface area contributed by atoms with Crippen LogP contribution in [0.2, 0.25) is 0 Å². The molecule has 0 radical (unpaired) electrons. The van der Waals surface area contributed by atoms with Crippen molar-refractivity contribution in [1.82, 2.24) is 15.2 Å². The zero-order valence-electron chi connectivity index (χ0n) is 12.7. The summed E-state index contributed by atoms with van der Waals surface area (Å²) in [7, 11) is 0. The number of aromatic nitrogens is 3. The fraction of sp³-hybridized carbons (Fsp3) is 0.222. The fourth-order valence-corrected chi connectivity index (χ4v) is 3.55. The quantitative estimate of drug-likeness (QED) is 0.381. The molecule has 6 heteroatoms. The van der Waals surface area contributed by atoms with Crippen LogP contribution >= 0.6 is 22.6 Å². The van der Waals surface area contributed by atoms with E-state index in [9.17, 15) is 9.59 Å². The third-order valence-corrected chi connectivity index (χ3v) is 5.21. The van der Waals surface area contributed by atoms with E-state index in [1.54, 1.807) is 24.4 Å². The molecule has 1 aliphatic carbocycles. The van der Waals surface area contributed by atoms with E-state index in [4.69, 9.17) is 0 Å². The van der Waals surface area contributed by atoms with Gasteiger partial charge in [-0.2, -0.15) is 5.10 Å². The van der Waals surface area contributed by atoms with Gasteiger partial charge in [0.1, 0.15) is 3.70 Å². The molecule has 5 nitrogen and oxygen atoms in total. The van der Waals surface area contributed by atoms with E-state index >= 15 is 0 Å². The molecule has 1 fully saturated rings. The molecule has 1 N–H and O–H groups in total. The van der Waals surface area contributed by atoms with Crippen molar-refractivity contribution in [2.24, 2.45) is 5.92 Å². The Morgan fingerprint density at radius 1 is 1.21 bits per heavy atom. The second kappa shape index (κ2) is 6.08. The number of benzene rings is 1. The van der Waals surface area contributed by atoms with E-state index in [-0.39, 0.29) is 11.7 Å². The summed E-state index contributed by atoms with van der Waals surface area (Å²) in [6, 6.07) is 10.7. The molecule has 3 aromatic rings. The molecule has 1 aromatic carbocycles. The minimum Gasteiger partial charge on any atom is -0.290 e. The number of carbonyl (C=O) groups excluding carboxylic acids is 2. The SMILES string of the molecule is O=C(C(=O)C(c1ccccn1)C1CC1)c1ccc2[nH]nc(I)c2c1. The Morgan fingerprint density at radius 2 is 2.04 bits per heavy atom. The number of nitrogens with zero attached hydrogens (tertiary/aromatic N) is 2. The van der Waals surface area contributed by atoms with Crippen LogP contribution < -0.4 is 0 Å². The zero-order valence-corrected chi connectivity index (χ0v) is 14.9. The van der Waals surface area contributed by atoms with Gasteiger partial charge < -0.3 is 0 Å². The van der Waals surface area contributed by atoms with Crippen molar-refractivity contribution in [2.75, 3.05) is 0 Å². The fourth-order valence-electron chi connectivity index (χ4n) is 2.99. The number of aromatic amines is 1. The number of Topliss-reactive ketones (excluding diaryl/α,β-unsaturated/α-hetero) is 2. The van der Waals surface area contributed by atoms with Crippen LogP contribution in [-0.4, -0.2) is 26.7 Å². The van der Waals surface area contributed by atoms with Crippen molar-refractivity contribution in [3.63, 3.8) is 0 Å². The topological polar surface area (TPSA) is 75.7 Å². The smallest absolute Gasteiger partial charge is 0.229 e. The second-order valence-electron chi connectivity index (χ2n) is 6.04. The molecule has 1 atom stereocenters. The first-order chi connectivity index (χ1) is 11.6. The number of halogens is 1. The van der Waals surface area contributed by atoms with Gasteiger partial charge in [-0.1, -0.05) is 6.07 Å². The summed E-state index contributed by atoms with van der Waals surface area (Å²) in [6.45, 7) is 0. The van der Waals surface area contributed by atoms with E-state index < -0.39 is 11.7 Å². The predicted molar refractivity (Wildman–Crippen MR) is 97.9 cm³/mol. The van der Waals surface area contributed by atoms with Crippen LogP contribution in [0.1, 0.15) is 34.8 Å². The number of carbonyl (C=O) groups is 2. The van der Waals surface area contributed by atoms with E-state index in [1.165, 1.54) is 0 Å². The van der Waals surface area contributed by atoms with Crippen molar-refractivity contribution in [2.45, 2.75) is 18.8 Å². The van der Waals surface area contributed by atoms with E-state index in [0.29, 0.717) is 11.3 Å². The van der Waals surface area contributed by atoms with E-state index in [2.05, 4.69) is 37.8 Å². The van der Waals surface area contributed by atoms with Crippen LogP contribution in [0.3, 0.4) is 0 Å². The maximum absolute atomic E-state index is 12.9. The number of pyridine rings is 1. The van der Waals surface area contributed by atoms with Crippen molar-refractivity contribution < 1.29 is 9.59 Å². The Kier molecular flexibility index (Phi) is 3.91. The summed E-state index contributed by atoms with van der Waals surface area (Å²) in [5.74, 6) is -1.02. The minimum atomic E-state index is -0.448. The molecule has 0 spiro atoms. The van der Waals surface area contributed by atoms with Crippen LogP contribution in [0.25, 0.3) is 10.9 Å². The largest absolute Gasteiger partial charge is 0.290 e. The molecule has 0 bridgehead atoms. The Labute approximate surface area is 152 Å². The van der Waals surface area contributed by atoms with Gasteiger partial charge in [0.15, 0.2) is 0 Å². The number of ketones is 2. The summed E-state index contributed by atoms with van der Waals surface area (Å²) in [4.78, 5) is 29.9. The van der Waals surface area contributed by atoms with Crippen molar-refractivity contribution in [3.05, 3.63) is 57.6 Å². The highest BCUT2D eigenvalue weighted by Gasteiger charge is 2.40. The lowest BCUT2D eigenvalue weighted by Gasteiger charge is -2.13. The summed E-state index contributed by atoms with van der Waals surface area (Å²) < 4.78 is 0.785. The molecule has 0 aliphatic heterocycles. The van der Waals surface area contributed by atoms with Gasteiger partial charge in [-0.05, 0) is 71.7 Å². The lowest BCUT2D eigenvalue weighted by Crippen LogP contribution is -2.24. The first kappa shape index (κ1) is 15.4. The first-order valence-electron chi connectivity index (χ1n) is 7.78. The summed E-state index contributed by atoms with van der Waals surface area (Å²) in [6.07, 6.45) is 3.61. The normalized spacial score (nSPS) is 15.4. The highest BCUT2D eigenvalue weighted by atomic mass is 127. The van der Waals surface area contributed by atoms with E-state index in [1.807, 2.05) is 18.2 Å². The maximum atomic E-state index is 12.9. The Morgan fingerprint density at radius 3 is 2.75 bits per heavy atom. The van der Waals surface area contributed by atoms with Gasteiger partial charge >= 0.3 is 0 Å². The number of H-pyrrole nitrogens is 1. The summed E-state index contributed by atoms with van der Waals surface area (Å²) >= 11 is 2.11. The molecule has 2 heterocycles. The van der Waals surface area contributed by atoms with E-state index in [0.717, 1.165) is 27.4 Å². The molecular formula is C18H14IN3O2. The molecule has 120 valence electrons. The molecule has 1 unspecified atom stereocenters. The second-order valence-corrected chi connectivity index (χ2v) is 7.06. The van der Waals surface area contributed by atoms with Gasteiger partial charge in [0.25, 0.3) is 0 Å². The molecule has 1 aliphatic rings. The number of nitrogens with one attached hydrogen (secondary N) is 1. The van der Waals surface area contributed by atoms with Gasteiger partial charge in [-0.25, -0.2) is 0 Å². The Hall–Kier alpha value is -2.09. The first-order valence-corrected chi connectivity index (χ1v) is 8.86. The van der Waals surface area contributed by atoms with Crippen LogP contribution in [0, 0.1) is 9.62 Å². The van der Waals surface area contributed by atoms with Gasteiger partial charge in [0, 0.05) is 17.1 Å². The number of fused-ring (bicyclic) bond motifs is 1. The number of rotatable bonds is 5. The van der Waals surface area contributed by atoms with Crippen molar-refractivity contribution >= 4 is 45.1 Å². The Bertz CT molecular complexity index is 932. The molecule has 0 amide bonds. The number of hydrogen-bond acceptors (Lipinski definition) is 4. The molecule has 1 saturated carbocycles. The van der Waals surface area contributed by atoms with Gasteiger partial charge in [-0.3, -0.25) is 19.7 Å². The molecule has 24 heavy (non-hydrogen) atoms. The summed E-state index contributed by atoms with van der Waals surface area (Å²) in [5, 5.41) is 7.87. The highest BCUT2D eigenvalue weighted by molar-refractivity contribution is 14.1. The van der Waals surface area contributed by atoms with Crippen LogP contribution in [0.15, 0.2) is 42.6 Å². The predicted octanol–water partition coefficient (Wildman–Crippen LogP) is 3.51. The number of hydrogen-bond donors (Lipinski definition) is 1. The summed E-state index contributed by atoms with van der Waals surface area (Å²) in [5.41, 5.74) is 1.96. The third kappa shape index (κ3) is 2.75. The Balaban J connectivity index is 1.68.